The summed E-state index contributed by atoms with van der Waals surface area (Å²) in [6.45, 7) is 7.23. The third kappa shape index (κ3) is 6.20. The first-order valence-corrected chi connectivity index (χ1v) is 4.97. The summed E-state index contributed by atoms with van der Waals surface area (Å²) < 4.78 is 0. The molecule has 1 atom stereocenters. The van der Waals surface area contributed by atoms with Crippen LogP contribution in [-0.2, 0) is 4.79 Å². The quantitative estimate of drug-likeness (QED) is 0.653. The molecular weight excluding hydrogens is 150 g/mol. The van der Waals surface area contributed by atoms with Crippen LogP contribution in [0.3, 0.4) is 0 Å². The van der Waals surface area contributed by atoms with Gasteiger partial charge in [0, 0.05) is 13.0 Å². The molecule has 0 fully saturated rings. The van der Waals surface area contributed by atoms with Crippen LogP contribution in [0.4, 0.5) is 0 Å². The molecule has 0 radical (unpaired) electrons. The fourth-order valence-corrected chi connectivity index (χ4v) is 0.858. The zero-order chi connectivity index (χ0) is 9.40. The summed E-state index contributed by atoms with van der Waals surface area (Å²) in [5.74, 6) is 0.813. The first-order valence-electron chi connectivity index (χ1n) is 4.97. The second kappa shape index (κ2) is 7.14. The van der Waals surface area contributed by atoms with Crippen LogP contribution in [0.15, 0.2) is 0 Å². The van der Waals surface area contributed by atoms with Crippen LogP contribution in [0.5, 0.6) is 0 Å². The fourth-order valence-electron chi connectivity index (χ4n) is 0.858. The second-order valence-electron chi connectivity index (χ2n) is 3.42. The van der Waals surface area contributed by atoms with Crippen LogP contribution in [-0.4, -0.2) is 12.5 Å². The van der Waals surface area contributed by atoms with Crippen LogP contribution in [0.25, 0.3) is 0 Å². The highest BCUT2D eigenvalue weighted by atomic mass is 16.1. The highest BCUT2D eigenvalue weighted by Crippen LogP contribution is 1.98. The van der Waals surface area contributed by atoms with E-state index in [1.807, 2.05) is 0 Å². The van der Waals surface area contributed by atoms with E-state index < -0.39 is 0 Å². The van der Waals surface area contributed by atoms with Gasteiger partial charge in [-0.05, 0) is 12.3 Å². The number of hydrogen-bond acceptors (Lipinski definition) is 1. The molecule has 1 unspecified atom stereocenters. The molecule has 0 aromatic heterocycles. The molecule has 0 aliphatic rings. The lowest BCUT2D eigenvalue weighted by Gasteiger charge is -2.09. The maximum absolute atomic E-state index is 11.1. The largest absolute Gasteiger partial charge is 0.356 e. The Kier molecular flexibility index (Phi) is 6.82. The molecule has 72 valence electrons. The Bertz CT molecular complexity index is 123. The van der Waals surface area contributed by atoms with Crippen molar-refractivity contribution in [2.45, 2.75) is 46.5 Å². The van der Waals surface area contributed by atoms with Crippen LogP contribution >= 0.6 is 0 Å². The first-order chi connectivity index (χ1) is 5.70. The first kappa shape index (κ1) is 11.5. The van der Waals surface area contributed by atoms with Crippen molar-refractivity contribution in [2.75, 3.05) is 6.54 Å². The van der Waals surface area contributed by atoms with Gasteiger partial charge in [-0.25, -0.2) is 0 Å². The van der Waals surface area contributed by atoms with E-state index in [9.17, 15) is 4.79 Å². The van der Waals surface area contributed by atoms with Crippen LogP contribution in [0.2, 0.25) is 0 Å². The number of nitrogens with one attached hydrogen (secondary N) is 1. The molecule has 0 aromatic rings. The van der Waals surface area contributed by atoms with E-state index in [1.165, 1.54) is 0 Å². The number of hydrogen-bond donors (Lipinski definition) is 1. The number of amides is 1. The van der Waals surface area contributed by atoms with Crippen LogP contribution in [0.1, 0.15) is 46.5 Å². The van der Waals surface area contributed by atoms with Gasteiger partial charge in [-0.15, -0.1) is 0 Å². The molecule has 0 bridgehead atoms. The summed E-state index contributed by atoms with van der Waals surface area (Å²) in [5, 5.41) is 2.93. The second-order valence-corrected chi connectivity index (χ2v) is 3.42. The average molecular weight is 171 g/mol. The van der Waals surface area contributed by atoms with Crippen molar-refractivity contribution < 1.29 is 4.79 Å². The summed E-state index contributed by atoms with van der Waals surface area (Å²) in [5.41, 5.74) is 0. The normalized spacial score (nSPS) is 12.6. The van der Waals surface area contributed by atoms with Crippen LogP contribution < -0.4 is 5.32 Å². The highest BCUT2D eigenvalue weighted by molar-refractivity contribution is 5.75. The maximum atomic E-state index is 11.1. The molecule has 12 heavy (non-hydrogen) atoms. The Morgan fingerprint density at radius 3 is 2.58 bits per heavy atom. The van der Waals surface area contributed by atoms with E-state index >= 15 is 0 Å². The molecule has 2 heteroatoms. The van der Waals surface area contributed by atoms with Gasteiger partial charge in [-0.3, -0.25) is 4.79 Å². The number of carbonyl (C=O) groups excluding carboxylic acids is 1. The predicted molar refractivity (Wildman–Crippen MR) is 52.0 cm³/mol. The van der Waals surface area contributed by atoms with E-state index in [4.69, 9.17) is 0 Å². The van der Waals surface area contributed by atoms with Gasteiger partial charge in [0.05, 0.1) is 0 Å². The van der Waals surface area contributed by atoms with Crippen LogP contribution in [0, 0.1) is 5.92 Å². The van der Waals surface area contributed by atoms with Crippen molar-refractivity contribution in [2.24, 2.45) is 5.92 Å². The Balaban J connectivity index is 3.31. The highest BCUT2D eigenvalue weighted by Gasteiger charge is 2.02. The lowest BCUT2D eigenvalue weighted by Crippen LogP contribution is -2.27. The van der Waals surface area contributed by atoms with Gasteiger partial charge in [-0.2, -0.15) is 0 Å². The number of carbonyl (C=O) groups is 1. The van der Waals surface area contributed by atoms with E-state index in [0.29, 0.717) is 12.3 Å². The van der Waals surface area contributed by atoms with Crippen molar-refractivity contribution in [3.8, 4) is 0 Å². The molecule has 0 saturated heterocycles. The van der Waals surface area contributed by atoms with Crippen molar-refractivity contribution in [3.05, 3.63) is 0 Å². The van der Waals surface area contributed by atoms with Gasteiger partial charge in [0.1, 0.15) is 0 Å². The summed E-state index contributed by atoms with van der Waals surface area (Å²) >= 11 is 0. The molecule has 1 N–H and O–H groups in total. The minimum atomic E-state index is 0.206. The third-order valence-electron chi connectivity index (χ3n) is 2.10. The molecule has 2 nitrogen and oxygen atoms in total. The Morgan fingerprint density at radius 2 is 2.08 bits per heavy atom. The number of rotatable bonds is 6. The van der Waals surface area contributed by atoms with Crippen molar-refractivity contribution in [1.29, 1.82) is 0 Å². The minimum Gasteiger partial charge on any atom is -0.356 e. The van der Waals surface area contributed by atoms with Crippen molar-refractivity contribution in [3.63, 3.8) is 0 Å². The topological polar surface area (TPSA) is 29.1 Å². The number of unbranched alkanes of at least 4 members (excludes halogenated alkanes) is 1. The van der Waals surface area contributed by atoms with Crippen molar-refractivity contribution in [1.82, 2.24) is 5.32 Å². The molecule has 1 amide bonds. The van der Waals surface area contributed by atoms with Gasteiger partial charge in [0.2, 0.25) is 5.91 Å². The Morgan fingerprint density at radius 1 is 1.42 bits per heavy atom. The van der Waals surface area contributed by atoms with Gasteiger partial charge in [0.25, 0.3) is 0 Å². The van der Waals surface area contributed by atoms with Gasteiger partial charge in [0.15, 0.2) is 0 Å². The third-order valence-corrected chi connectivity index (χ3v) is 2.10. The molecular formula is C10H21NO. The zero-order valence-corrected chi connectivity index (χ0v) is 8.52. The molecule has 0 spiro atoms. The van der Waals surface area contributed by atoms with Gasteiger partial charge >= 0.3 is 0 Å². The summed E-state index contributed by atoms with van der Waals surface area (Å²) in [6.07, 6.45) is 3.92. The lowest BCUT2D eigenvalue weighted by atomic mass is 10.1. The standard InChI is InChI=1S/C10H21NO/c1-4-6-7-10(12)11-8-9(3)5-2/h9H,4-8H2,1-3H3,(H,11,12). The monoisotopic (exact) mass is 171 g/mol. The molecule has 0 saturated carbocycles. The van der Waals surface area contributed by atoms with Crippen molar-refractivity contribution >= 4 is 5.91 Å². The van der Waals surface area contributed by atoms with E-state index in [0.717, 1.165) is 25.8 Å². The van der Waals surface area contributed by atoms with Gasteiger partial charge in [-0.1, -0.05) is 33.6 Å². The summed E-state index contributed by atoms with van der Waals surface area (Å²) in [7, 11) is 0. The molecule has 0 heterocycles. The van der Waals surface area contributed by atoms with Gasteiger partial charge < -0.3 is 5.32 Å². The van der Waals surface area contributed by atoms with E-state index in [-0.39, 0.29) is 5.91 Å². The lowest BCUT2D eigenvalue weighted by molar-refractivity contribution is -0.121. The fraction of sp³-hybridized carbons (Fsp3) is 0.900. The smallest absolute Gasteiger partial charge is 0.220 e. The Hall–Kier alpha value is -0.530. The Labute approximate surface area is 75.7 Å². The molecule has 0 aliphatic heterocycles. The van der Waals surface area contributed by atoms with E-state index in [1.54, 1.807) is 0 Å². The summed E-state index contributed by atoms with van der Waals surface area (Å²) in [4.78, 5) is 11.1. The predicted octanol–water partition coefficient (Wildman–Crippen LogP) is 2.34. The zero-order valence-electron chi connectivity index (χ0n) is 8.52. The molecule has 0 rings (SSSR count). The minimum absolute atomic E-state index is 0.206. The molecule has 0 aromatic carbocycles. The maximum Gasteiger partial charge on any atom is 0.220 e. The van der Waals surface area contributed by atoms with E-state index in [2.05, 4.69) is 26.1 Å². The SMILES string of the molecule is CCCCC(=O)NCC(C)CC. The summed E-state index contributed by atoms with van der Waals surface area (Å²) in [6, 6.07) is 0. The molecule has 0 aliphatic carbocycles. The average Bonchev–Trinajstić information content (AvgIpc) is 2.10.